The van der Waals surface area contributed by atoms with Gasteiger partial charge in [0.05, 0.1) is 25.4 Å². The van der Waals surface area contributed by atoms with Gasteiger partial charge in [-0.15, -0.1) is 0 Å². The van der Waals surface area contributed by atoms with Crippen molar-refractivity contribution in [1.29, 1.82) is 0 Å². The number of carbonyl (C=O) groups excluding carboxylic acids is 1. The van der Waals surface area contributed by atoms with Crippen LogP contribution in [0.4, 0.5) is 0 Å². The molecule has 0 saturated carbocycles. The van der Waals surface area contributed by atoms with Crippen molar-refractivity contribution in [1.82, 2.24) is 5.32 Å². The molecule has 0 aromatic rings. The van der Waals surface area contributed by atoms with Crippen molar-refractivity contribution in [3.05, 3.63) is 72.9 Å². The molecule has 310 valence electrons. The zero-order chi connectivity index (χ0) is 39.5. The Morgan fingerprint density at radius 3 is 1.78 bits per heavy atom. The van der Waals surface area contributed by atoms with E-state index in [1.165, 1.54) is 51.4 Å². The fourth-order valence-corrected chi connectivity index (χ4v) is 6.10. The number of rotatable bonds is 33. The second-order valence-corrected chi connectivity index (χ2v) is 14.4. The molecular weight excluding hydrogens is 682 g/mol. The molecule has 0 aromatic heterocycles. The van der Waals surface area contributed by atoms with Gasteiger partial charge in [0.25, 0.3) is 0 Å². The van der Waals surface area contributed by atoms with E-state index in [9.17, 15) is 30.3 Å². The molecule has 54 heavy (non-hydrogen) atoms. The number of aliphatic hydroxyl groups is 5. The quantitative estimate of drug-likeness (QED) is 0.0290. The van der Waals surface area contributed by atoms with Crippen LogP contribution >= 0.6 is 0 Å². The third-order valence-corrected chi connectivity index (χ3v) is 9.51. The van der Waals surface area contributed by atoms with Crippen molar-refractivity contribution in [2.75, 3.05) is 13.2 Å². The van der Waals surface area contributed by atoms with Gasteiger partial charge in [0.2, 0.25) is 5.91 Å². The number of carbonyl (C=O) groups is 1. The van der Waals surface area contributed by atoms with Gasteiger partial charge in [-0.2, -0.15) is 0 Å². The fraction of sp³-hybridized carbons (Fsp3) is 0.711. The molecule has 0 spiro atoms. The molecule has 0 bridgehead atoms. The molecule has 1 heterocycles. The highest BCUT2D eigenvalue weighted by Crippen LogP contribution is 2.22. The third-order valence-electron chi connectivity index (χ3n) is 9.51. The number of amides is 1. The van der Waals surface area contributed by atoms with Crippen LogP contribution in [0.2, 0.25) is 0 Å². The van der Waals surface area contributed by atoms with E-state index < -0.39 is 49.5 Å². The van der Waals surface area contributed by atoms with Gasteiger partial charge in [0.1, 0.15) is 24.4 Å². The number of hydrogen-bond donors (Lipinski definition) is 6. The van der Waals surface area contributed by atoms with Gasteiger partial charge in [-0.05, 0) is 70.6 Å². The lowest BCUT2D eigenvalue weighted by Gasteiger charge is -2.40. The maximum Gasteiger partial charge on any atom is 0.220 e. The Morgan fingerprint density at radius 2 is 1.17 bits per heavy atom. The first-order chi connectivity index (χ1) is 26.3. The second kappa shape index (κ2) is 35.1. The molecule has 0 aliphatic carbocycles. The standard InChI is InChI=1S/C45H77NO8/c1-3-5-7-9-11-13-15-17-19-20-21-23-25-27-29-31-33-35-41(49)46-38(37-53-45-44(52)43(51)42(50)40(36-47)54-45)39(48)34-32-30-28-26-24-22-18-16-14-12-10-8-6-4-2/h5,7,11,13,17,19,21,23-24,26,32,34,38-40,42-45,47-48,50-52H,3-4,6,8-10,12,14-16,18,20,22,25,27-31,33,35-37H2,1-2H3,(H,46,49)/b7-5-,13-11-,19-17-,23-21-,26-24+,34-32+. The van der Waals surface area contributed by atoms with Gasteiger partial charge in [0, 0.05) is 6.42 Å². The number of nitrogens with one attached hydrogen (secondary N) is 1. The maximum atomic E-state index is 12.9. The average Bonchev–Trinajstić information content (AvgIpc) is 3.17. The summed E-state index contributed by atoms with van der Waals surface area (Å²) in [5.74, 6) is -0.215. The van der Waals surface area contributed by atoms with Crippen molar-refractivity contribution >= 4 is 5.91 Å². The van der Waals surface area contributed by atoms with E-state index in [-0.39, 0.29) is 12.5 Å². The molecule has 1 rings (SSSR count). The number of allylic oxidation sites excluding steroid dienone is 11. The summed E-state index contributed by atoms with van der Waals surface area (Å²) in [6.07, 6.45) is 39.4. The molecule has 9 heteroatoms. The molecule has 7 atom stereocenters. The molecule has 7 unspecified atom stereocenters. The summed E-state index contributed by atoms with van der Waals surface area (Å²) < 4.78 is 11.2. The van der Waals surface area contributed by atoms with Crippen molar-refractivity contribution in [2.24, 2.45) is 0 Å². The van der Waals surface area contributed by atoms with Crippen molar-refractivity contribution in [3.63, 3.8) is 0 Å². The van der Waals surface area contributed by atoms with Crippen LogP contribution in [-0.4, -0.2) is 87.5 Å². The topological polar surface area (TPSA) is 149 Å². The van der Waals surface area contributed by atoms with E-state index in [2.05, 4.69) is 79.9 Å². The number of aliphatic hydroxyl groups excluding tert-OH is 5. The minimum atomic E-state index is -1.58. The fourth-order valence-electron chi connectivity index (χ4n) is 6.10. The Balaban J connectivity index is 2.46. The molecule has 1 fully saturated rings. The average molecular weight is 760 g/mol. The summed E-state index contributed by atoms with van der Waals surface area (Å²) in [6, 6.07) is -0.836. The van der Waals surface area contributed by atoms with E-state index in [4.69, 9.17) is 9.47 Å². The molecule has 1 amide bonds. The van der Waals surface area contributed by atoms with Crippen molar-refractivity contribution in [2.45, 2.75) is 192 Å². The monoisotopic (exact) mass is 760 g/mol. The number of unbranched alkanes of at least 4 members (excludes halogenated alkanes) is 13. The first kappa shape index (κ1) is 49.6. The van der Waals surface area contributed by atoms with Gasteiger partial charge in [-0.1, -0.05) is 145 Å². The first-order valence-electron chi connectivity index (χ1n) is 21.2. The van der Waals surface area contributed by atoms with Crippen LogP contribution in [0.25, 0.3) is 0 Å². The summed E-state index contributed by atoms with van der Waals surface area (Å²) in [6.45, 7) is 3.59. The third kappa shape index (κ3) is 25.7. The molecule has 0 radical (unpaired) electrons. The molecular formula is C45H77NO8. The van der Waals surface area contributed by atoms with Crippen LogP contribution in [0.15, 0.2) is 72.9 Å². The van der Waals surface area contributed by atoms with Crippen LogP contribution in [0.1, 0.15) is 149 Å². The first-order valence-corrected chi connectivity index (χ1v) is 21.2. The van der Waals surface area contributed by atoms with Gasteiger partial charge in [-0.25, -0.2) is 0 Å². The van der Waals surface area contributed by atoms with E-state index in [1.54, 1.807) is 6.08 Å². The molecule has 6 N–H and O–H groups in total. The minimum Gasteiger partial charge on any atom is -0.394 e. The summed E-state index contributed by atoms with van der Waals surface area (Å²) in [4.78, 5) is 12.9. The Kier molecular flexibility index (Phi) is 32.2. The van der Waals surface area contributed by atoms with E-state index in [1.807, 2.05) is 6.08 Å². The molecule has 9 nitrogen and oxygen atoms in total. The molecule has 1 aliphatic rings. The molecule has 1 saturated heterocycles. The van der Waals surface area contributed by atoms with Crippen LogP contribution in [0, 0.1) is 0 Å². The Morgan fingerprint density at radius 1 is 0.648 bits per heavy atom. The van der Waals surface area contributed by atoms with Gasteiger partial charge in [-0.3, -0.25) is 4.79 Å². The predicted molar refractivity (Wildman–Crippen MR) is 221 cm³/mol. The zero-order valence-corrected chi connectivity index (χ0v) is 33.7. The van der Waals surface area contributed by atoms with E-state index >= 15 is 0 Å². The van der Waals surface area contributed by atoms with Crippen molar-refractivity contribution < 1.29 is 39.8 Å². The van der Waals surface area contributed by atoms with E-state index in [0.717, 1.165) is 77.0 Å². The summed E-state index contributed by atoms with van der Waals surface area (Å²) in [5, 5.41) is 54.0. The van der Waals surface area contributed by atoms with Crippen LogP contribution in [-0.2, 0) is 14.3 Å². The summed E-state index contributed by atoms with van der Waals surface area (Å²) in [7, 11) is 0. The zero-order valence-electron chi connectivity index (χ0n) is 33.7. The van der Waals surface area contributed by atoms with Gasteiger partial charge < -0.3 is 40.3 Å². The smallest absolute Gasteiger partial charge is 0.220 e. The van der Waals surface area contributed by atoms with Crippen molar-refractivity contribution in [3.8, 4) is 0 Å². The highest BCUT2D eigenvalue weighted by Gasteiger charge is 2.44. The maximum absolute atomic E-state index is 12.9. The SMILES string of the molecule is CC/C=C\C/C=C\C/C=C\C/C=C\CCCCCCC(=O)NC(COC1OC(CO)C(O)C(O)C1O)C(O)/C=C/CC/C=C/CCCCCCCCCC. The highest BCUT2D eigenvalue weighted by atomic mass is 16.7. The summed E-state index contributed by atoms with van der Waals surface area (Å²) >= 11 is 0. The lowest BCUT2D eigenvalue weighted by molar-refractivity contribution is -0.302. The lowest BCUT2D eigenvalue weighted by Crippen LogP contribution is -2.60. The second-order valence-electron chi connectivity index (χ2n) is 14.4. The normalized spacial score (nSPS) is 22.2. The largest absolute Gasteiger partial charge is 0.394 e. The van der Waals surface area contributed by atoms with Crippen LogP contribution < -0.4 is 5.32 Å². The molecule has 0 aromatic carbocycles. The highest BCUT2D eigenvalue weighted by molar-refractivity contribution is 5.76. The number of ether oxygens (including phenoxy) is 2. The Hall–Kier alpha value is -2.37. The molecule has 1 aliphatic heterocycles. The van der Waals surface area contributed by atoms with Crippen LogP contribution in [0.5, 0.6) is 0 Å². The lowest BCUT2D eigenvalue weighted by atomic mass is 9.99. The summed E-state index contributed by atoms with van der Waals surface area (Å²) in [5.41, 5.74) is 0. The van der Waals surface area contributed by atoms with Crippen LogP contribution in [0.3, 0.4) is 0 Å². The predicted octanol–water partition coefficient (Wildman–Crippen LogP) is 8.22. The number of hydrogen-bond acceptors (Lipinski definition) is 8. The Bertz CT molecular complexity index is 1070. The minimum absolute atomic E-state index is 0.215. The van der Waals surface area contributed by atoms with Gasteiger partial charge in [0.15, 0.2) is 6.29 Å². The Labute approximate surface area is 328 Å². The van der Waals surface area contributed by atoms with Gasteiger partial charge >= 0.3 is 0 Å². The van der Waals surface area contributed by atoms with E-state index in [0.29, 0.717) is 6.42 Å².